The van der Waals surface area contributed by atoms with Crippen LogP contribution in [0.4, 0.5) is 17.6 Å². The molecule has 0 bridgehead atoms. The largest absolute Gasteiger partial charge is 0.421 e. The van der Waals surface area contributed by atoms with Gasteiger partial charge in [-0.2, -0.15) is 13.2 Å². The molecule has 0 radical (unpaired) electrons. The molecule has 4 rings (SSSR count). The molecular weight excluding hydrogens is 448 g/mol. The minimum atomic E-state index is -4.84. The van der Waals surface area contributed by atoms with E-state index in [1.165, 1.54) is 10.6 Å². The topological polar surface area (TPSA) is 41.4 Å². The van der Waals surface area contributed by atoms with Gasteiger partial charge in [-0.15, -0.1) is 0 Å². The summed E-state index contributed by atoms with van der Waals surface area (Å²) in [4.78, 5) is 5.95. The molecule has 0 fully saturated rings. The van der Waals surface area contributed by atoms with Gasteiger partial charge >= 0.3 is 6.18 Å². The van der Waals surface area contributed by atoms with Crippen molar-refractivity contribution in [3.8, 4) is 0 Å². The second-order valence-electron chi connectivity index (χ2n) is 7.92. The Morgan fingerprint density at radius 3 is 2.23 bits per heavy atom. The first-order valence-electron chi connectivity index (χ1n) is 9.72. The second-order valence-corrected chi connectivity index (χ2v) is 8.69. The molecular formula is C21H20F4N4S2. The van der Waals surface area contributed by atoms with Crippen LogP contribution < -0.4 is 0 Å². The van der Waals surface area contributed by atoms with Gasteiger partial charge in [0.15, 0.2) is 9.54 Å². The second kappa shape index (κ2) is 7.59. The number of alkyl halides is 3. The van der Waals surface area contributed by atoms with Gasteiger partial charge in [0, 0.05) is 12.1 Å². The number of aromatic amines is 2. The SMILES string of the molecule is CC(C)n1c(=S)[nH]c2cc(CC(C)n3c(=S)[nH]c4ccc(F)c(C(F)(F)F)c43)ccc21. The molecule has 2 aromatic heterocycles. The van der Waals surface area contributed by atoms with Crippen molar-refractivity contribution in [2.24, 2.45) is 0 Å². The summed E-state index contributed by atoms with van der Waals surface area (Å²) in [5.74, 6) is -1.32. The van der Waals surface area contributed by atoms with Gasteiger partial charge in [0.05, 0.1) is 22.1 Å². The van der Waals surface area contributed by atoms with Crippen LogP contribution in [0.3, 0.4) is 0 Å². The van der Waals surface area contributed by atoms with E-state index in [0.717, 1.165) is 22.7 Å². The van der Waals surface area contributed by atoms with Crippen LogP contribution in [0.2, 0.25) is 0 Å². The molecule has 4 nitrogen and oxygen atoms in total. The minimum absolute atomic E-state index is 0.116. The first kappa shape index (κ1) is 21.8. The summed E-state index contributed by atoms with van der Waals surface area (Å²) in [7, 11) is 0. The molecule has 1 unspecified atom stereocenters. The summed E-state index contributed by atoms with van der Waals surface area (Å²) < 4.78 is 59.1. The van der Waals surface area contributed by atoms with Crippen molar-refractivity contribution in [1.82, 2.24) is 19.1 Å². The molecule has 1 atom stereocenters. The van der Waals surface area contributed by atoms with E-state index in [4.69, 9.17) is 24.4 Å². The number of imidazole rings is 2. The zero-order valence-corrected chi connectivity index (χ0v) is 18.6. The number of H-pyrrole nitrogens is 2. The standard InChI is InChI=1S/C21H20F4N4S2/c1-10(2)28-16-7-4-12(9-15(16)27-19(28)30)8-11(3)29-18-14(26-20(29)31)6-5-13(22)17(18)21(23,24)25/h4-7,9-11H,8H2,1-3H3,(H,26,31)(H,27,30). The van der Waals surface area contributed by atoms with E-state index >= 15 is 0 Å². The van der Waals surface area contributed by atoms with Crippen molar-refractivity contribution in [2.45, 2.75) is 45.5 Å². The van der Waals surface area contributed by atoms with Crippen LogP contribution in [0.5, 0.6) is 0 Å². The van der Waals surface area contributed by atoms with Gasteiger partial charge in [-0.05, 0) is 81.5 Å². The van der Waals surface area contributed by atoms with Gasteiger partial charge in [0.25, 0.3) is 0 Å². The summed E-state index contributed by atoms with van der Waals surface area (Å²) >= 11 is 10.7. The minimum Gasteiger partial charge on any atom is -0.331 e. The molecule has 164 valence electrons. The third-order valence-electron chi connectivity index (χ3n) is 5.38. The maximum absolute atomic E-state index is 14.2. The van der Waals surface area contributed by atoms with Crippen LogP contribution in [-0.4, -0.2) is 19.1 Å². The number of hydrogen-bond acceptors (Lipinski definition) is 2. The molecule has 4 aromatic rings. The zero-order valence-electron chi connectivity index (χ0n) is 17.0. The first-order chi connectivity index (χ1) is 14.5. The Kier molecular flexibility index (Phi) is 5.33. The summed E-state index contributed by atoms with van der Waals surface area (Å²) in [6.45, 7) is 5.84. The number of aromatic nitrogens is 4. The Labute approximate surface area is 185 Å². The molecule has 0 amide bonds. The third kappa shape index (κ3) is 3.71. The molecule has 31 heavy (non-hydrogen) atoms. The number of nitrogens with zero attached hydrogens (tertiary/aromatic N) is 2. The molecule has 0 aliphatic rings. The average molecular weight is 469 g/mol. The van der Waals surface area contributed by atoms with Gasteiger partial charge in [0.2, 0.25) is 0 Å². The number of rotatable bonds is 4. The van der Waals surface area contributed by atoms with E-state index < -0.39 is 23.6 Å². The molecule has 0 saturated heterocycles. The predicted octanol–water partition coefficient (Wildman–Crippen LogP) is 7.25. The van der Waals surface area contributed by atoms with Crippen LogP contribution in [0.25, 0.3) is 22.1 Å². The van der Waals surface area contributed by atoms with Crippen molar-refractivity contribution in [3.05, 3.63) is 56.8 Å². The predicted molar refractivity (Wildman–Crippen MR) is 118 cm³/mol. The lowest BCUT2D eigenvalue weighted by Crippen LogP contribution is -2.15. The first-order valence-corrected chi connectivity index (χ1v) is 10.5. The van der Waals surface area contributed by atoms with Gasteiger partial charge < -0.3 is 19.1 Å². The fourth-order valence-electron chi connectivity index (χ4n) is 4.14. The molecule has 10 heteroatoms. The highest BCUT2D eigenvalue weighted by Crippen LogP contribution is 2.38. The monoisotopic (exact) mass is 468 g/mol. The lowest BCUT2D eigenvalue weighted by Gasteiger charge is -2.18. The van der Waals surface area contributed by atoms with Crippen LogP contribution in [-0.2, 0) is 12.6 Å². The van der Waals surface area contributed by atoms with Crippen molar-refractivity contribution in [2.75, 3.05) is 0 Å². The quantitative estimate of drug-likeness (QED) is 0.245. The Morgan fingerprint density at radius 1 is 0.935 bits per heavy atom. The number of benzene rings is 2. The molecule has 0 aliphatic carbocycles. The molecule has 0 saturated carbocycles. The van der Waals surface area contributed by atoms with Crippen molar-refractivity contribution in [3.63, 3.8) is 0 Å². The van der Waals surface area contributed by atoms with E-state index in [1.54, 1.807) is 6.92 Å². The van der Waals surface area contributed by atoms with Crippen LogP contribution in [0.1, 0.15) is 44.0 Å². The van der Waals surface area contributed by atoms with Crippen molar-refractivity contribution in [1.29, 1.82) is 0 Å². The van der Waals surface area contributed by atoms with Crippen molar-refractivity contribution < 1.29 is 17.6 Å². The highest BCUT2D eigenvalue weighted by Gasteiger charge is 2.38. The highest BCUT2D eigenvalue weighted by molar-refractivity contribution is 7.71. The third-order valence-corrected chi connectivity index (χ3v) is 5.98. The number of hydrogen-bond donors (Lipinski definition) is 2. The van der Waals surface area contributed by atoms with E-state index in [9.17, 15) is 17.6 Å². The maximum Gasteiger partial charge on any atom is 0.421 e. The normalized spacial score (nSPS) is 13.5. The molecule has 2 heterocycles. The van der Waals surface area contributed by atoms with Crippen LogP contribution >= 0.6 is 24.4 Å². The fraction of sp³-hybridized carbons (Fsp3) is 0.333. The van der Waals surface area contributed by atoms with Gasteiger partial charge in [-0.25, -0.2) is 4.39 Å². The van der Waals surface area contributed by atoms with Crippen LogP contribution in [0.15, 0.2) is 30.3 Å². The molecule has 2 aromatic carbocycles. The Morgan fingerprint density at radius 2 is 1.58 bits per heavy atom. The van der Waals surface area contributed by atoms with Gasteiger partial charge in [-0.3, -0.25) is 0 Å². The number of halogens is 4. The maximum atomic E-state index is 14.2. The van der Waals surface area contributed by atoms with Gasteiger partial charge in [-0.1, -0.05) is 6.07 Å². The Hall–Kier alpha value is -2.46. The highest BCUT2D eigenvalue weighted by atomic mass is 32.1. The average Bonchev–Trinajstić information content (AvgIpc) is 3.15. The summed E-state index contributed by atoms with van der Waals surface area (Å²) in [6.07, 6.45) is -4.44. The molecule has 0 spiro atoms. The van der Waals surface area contributed by atoms with Gasteiger partial charge in [0.1, 0.15) is 11.4 Å². The Bertz CT molecular complexity index is 1410. The van der Waals surface area contributed by atoms with E-state index in [2.05, 4.69) is 9.97 Å². The molecule has 0 aliphatic heterocycles. The number of fused-ring (bicyclic) bond motifs is 2. The Balaban J connectivity index is 1.80. The lowest BCUT2D eigenvalue weighted by atomic mass is 10.1. The fourth-order valence-corrected chi connectivity index (χ4v) is 4.94. The van der Waals surface area contributed by atoms with E-state index in [1.807, 2.05) is 36.6 Å². The summed E-state index contributed by atoms with van der Waals surface area (Å²) in [6, 6.07) is 7.62. The molecule has 2 N–H and O–H groups in total. The number of nitrogens with one attached hydrogen (secondary N) is 2. The zero-order chi connectivity index (χ0) is 22.7. The summed E-state index contributed by atoms with van der Waals surface area (Å²) in [5, 5.41) is 0. The van der Waals surface area contributed by atoms with E-state index in [0.29, 0.717) is 11.2 Å². The lowest BCUT2D eigenvalue weighted by molar-refractivity contribution is -0.138. The van der Waals surface area contributed by atoms with E-state index in [-0.39, 0.29) is 21.8 Å². The summed E-state index contributed by atoms with van der Waals surface area (Å²) in [5.41, 5.74) is 1.29. The van der Waals surface area contributed by atoms with Crippen LogP contribution in [0, 0.1) is 15.4 Å². The smallest absolute Gasteiger partial charge is 0.331 e. The van der Waals surface area contributed by atoms with Crippen molar-refractivity contribution >= 4 is 46.5 Å².